The average Bonchev–Trinajstić information content (AvgIpc) is 3.15. The number of amides is 2. The van der Waals surface area contributed by atoms with Gasteiger partial charge in [-0.15, -0.1) is 0 Å². The lowest BCUT2D eigenvalue weighted by atomic mass is 10.2. The number of fused-ring (bicyclic) bond motifs is 1. The molecule has 3 heterocycles. The molecule has 4 rings (SSSR count). The Hall–Kier alpha value is -3.88. The second-order valence-corrected chi connectivity index (χ2v) is 6.84. The Labute approximate surface area is 178 Å². The van der Waals surface area contributed by atoms with Gasteiger partial charge in [0.15, 0.2) is 11.5 Å². The van der Waals surface area contributed by atoms with E-state index in [1.165, 1.54) is 6.07 Å². The molecule has 0 saturated heterocycles. The van der Waals surface area contributed by atoms with Gasteiger partial charge in [0.1, 0.15) is 17.3 Å². The fourth-order valence-corrected chi connectivity index (χ4v) is 3.31. The number of carbonyl (C=O) groups is 1. The number of pyridine rings is 1. The highest BCUT2D eigenvalue weighted by Gasteiger charge is 2.18. The van der Waals surface area contributed by atoms with Crippen molar-refractivity contribution in [2.24, 2.45) is 0 Å². The average molecular weight is 419 g/mol. The molecule has 0 radical (unpaired) electrons. The van der Waals surface area contributed by atoms with Crippen LogP contribution < -0.4 is 5.32 Å². The van der Waals surface area contributed by atoms with Gasteiger partial charge in [-0.2, -0.15) is 5.10 Å². The Kier molecular flexibility index (Phi) is 5.83. The standard InChI is InChI=1S/C22H22FN7O/c1-3-29(4-2)22(31)27-18-11-13-24-20(26-18)19-16-9-7-12-25-21(16)30(28-19)14-15-8-5-6-10-17(15)23/h5-13H,3-4,14H2,1-2H3,(H,24,26,27,31). The second-order valence-electron chi connectivity index (χ2n) is 6.84. The predicted molar refractivity (Wildman–Crippen MR) is 116 cm³/mol. The summed E-state index contributed by atoms with van der Waals surface area (Å²) in [6, 6.07) is 11.6. The van der Waals surface area contributed by atoms with Crippen LogP contribution in [0.5, 0.6) is 0 Å². The largest absolute Gasteiger partial charge is 0.325 e. The Morgan fingerprint density at radius 2 is 1.87 bits per heavy atom. The van der Waals surface area contributed by atoms with E-state index in [1.54, 1.807) is 52.3 Å². The topological polar surface area (TPSA) is 88.8 Å². The fourth-order valence-electron chi connectivity index (χ4n) is 3.31. The molecule has 8 nitrogen and oxygen atoms in total. The summed E-state index contributed by atoms with van der Waals surface area (Å²) >= 11 is 0. The van der Waals surface area contributed by atoms with Crippen molar-refractivity contribution >= 4 is 22.9 Å². The molecule has 0 atom stereocenters. The molecule has 158 valence electrons. The zero-order valence-electron chi connectivity index (χ0n) is 17.3. The van der Waals surface area contributed by atoms with Crippen LogP contribution in [0.3, 0.4) is 0 Å². The number of nitrogens with one attached hydrogen (secondary N) is 1. The maximum atomic E-state index is 14.2. The Balaban J connectivity index is 1.70. The minimum Gasteiger partial charge on any atom is -0.325 e. The van der Waals surface area contributed by atoms with E-state index in [2.05, 4.69) is 25.4 Å². The number of hydrogen-bond donors (Lipinski definition) is 1. The number of anilines is 1. The van der Waals surface area contributed by atoms with Gasteiger partial charge < -0.3 is 4.90 Å². The molecule has 1 aromatic carbocycles. The quantitative estimate of drug-likeness (QED) is 0.511. The summed E-state index contributed by atoms with van der Waals surface area (Å²) in [5.74, 6) is 0.422. The first-order valence-electron chi connectivity index (χ1n) is 10.0. The molecule has 0 aliphatic rings. The Morgan fingerprint density at radius 1 is 1.06 bits per heavy atom. The van der Waals surface area contributed by atoms with Crippen LogP contribution >= 0.6 is 0 Å². The number of carbonyl (C=O) groups excluding carboxylic acids is 1. The minimum atomic E-state index is -0.305. The number of hydrogen-bond acceptors (Lipinski definition) is 5. The molecule has 1 N–H and O–H groups in total. The molecule has 0 bridgehead atoms. The first-order chi connectivity index (χ1) is 15.1. The van der Waals surface area contributed by atoms with Crippen LogP contribution in [-0.2, 0) is 6.54 Å². The first-order valence-corrected chi connectivity index (χ1v) is 10.0. The van der Waals surface area contributed by atoms with Crippen LogP contribution in [0.2, 0.25) is 0 Å². The lowest BCUT2D eigenvalue weighted by Gasteiger charge is -2.18. The zero-order chi connectivity index (χ0) is 21.8. The van der Waals surface area contributed by atoms with Gasteiger partial charge in [0.2, 0.25) is 0 Å². The lowest BCUT2D eigenvalue weighted by molar-refractivity contribution is 0.217. The monoisotopic (exact) mass is 419 g/mol. The van der Waals surface area contributed by atoms with Crippen molar-refractivity contribution in [2.45, 2.75) is 20.4 Å². The summed E-state index contributed by atoms with van der Waals surface area (Å²) in [4.78, 5) is 27.2. The minimum absolute atomic E-state index is 0.221. The summed E-state index contributed by atoms with van der Waals surface area (Å²) in [6.07, 6.45) is 3.23. The summed E-state index contributed by atoms with van der Waals surface area (Å²) in [6.45, 7) is 5.23. The van der Waals surface area contributed by atoms with Crippen LogP contribution in [0.25, 0.3) is 22.6 Å². The number of aromatic nitrogens is 5. The Bertz CT molecular complexity index is 1220. The second kappa shape index (κ2) is 8.86. The van der Waals surface area contributed by atoms with Crippen molar-refractivity contribution in [1.82, 2.24) is 29.6 Å². The molecule has 0 fully saturated rings. The van der Waals surface area contributed by atoms with E-state index in [1.807, 2.05) is 19.9 Å². The van der Waals surface area contributed by atoms with Crippen molar-refractivity contribution in [3.8, 4) is 11.5 Å². The van der Waals surface area contributed by atoms with Crippen LogP contribution in [-0.4, -0.2) is 48.8 Å². The molecule has 9 heteroatoms. The van der Waals surface area contributed by atoms with Gasteiger partial charge in [-0.3, -0.25) is 5.32 Å². The van der Waals surface area contributed by atoms with Crippen molar-refractivity contribution in [1.29, 1.82) is 0 Å². The molecule has 0 aliphatic carbocycles. The van der Waals surface area contributed by atoms with Gasteiger partial charge in [-0.05, 0) is 38.1 Å². The predicted octanol–water partition coefficient (Wildman–Crippen LogP) is 3.95. The molecular formula is C22H22FN7O. The van der Waals surface area contributed by atoms with Crippen LogP contribution in [0, 0.1) is 5.82 Å². The van der Waals surface area contributed by atoms with E-state index in [0.29, 0.717) is 41.6 Å². The molecule has 3 aromatic heterocycles. The highest BCUT2D eigenvalue weighted by atomic mass is 19.1. The molecule has 0 unspecified atom stereocenters. The van der Waals surface area contributed by atoms with E-state index in [9.17, 15) is 9.18 Å². The van der Waals surface area contributed by atoms with E-state index < -0.39 is 0 Å². The van der Waals surface area contributed by atoms with Gasteiger partial charge in [0, 0.05) is 31.0 Å². The van der Waals surface area contributed by atoms with Gasteiger partial charge >= 0.3 is 6.03 Å². The number of rotatable bonds is 6. The third-order valence-electron chi connectivity index (χ3n) is 4.94. The number of halogens is 1. The summed E-state index contributed by atoms with van der Waals surface area (Å²) in [7, 11) is 0. The molecule has 0 aliphatic heterocycles. The summed E-state index contributed by atoms with van der Waals surface area (Å²) in [5.41, 5.74) is 1.62. The third kappa shape index (κ3) is 4.20. The molecule has 31 heavy (non-hydrogen) atoms. The lowest BCUT2D eigenvalue weighted by Crippen LogP contribution is -2.34. The molecule has 4 aromatic rings. The molecule has 2 amide bonds. The van der Waals surface area contributed by atoms with Gasteiger partial charge in [-0.1, -0.05) is 18.2 Å². The van der Waals surface area contributed by atoms with Gasteiger partial charge in [0.25, 0.3) is 0 Å². The van der Waals surface area contributed by atoms with Crippen LogP contribution in [0.4, 0.5) is 15.0 Å². The van der Waals surface area contributed by atoms with Crippen molar-refractivity contribution in [3.05, 3.63) is 66.2 Å². The maximum absolute atomic E-state index is 14.2. The molecular weight excluding hydrogens is 397 g/mol. The van der Waals surface area contributed by atoms with E-state index in [4.69, 9.17) is 0 Å². The van der Waals surface area contributed by atoms with Crippen molar-refractivity contribution in [2.75, 3.05) is 18.4 Å². The van der Waals surface area contributed by atoms with E-state index in [-0.39, 0.29) is 18.4 Å². The van der Waals surface area contributed by atoms with Gasteiger partial charge in [0.05, 0.1) is 11.9 Å². The zero-order valence-corrected chi connectivity index (χ0v) is 17.3. The van der Waals surface area contributed by atoms with E-state index in [0.717, 1.165) is 5.39 Å². The summed E-state index contributed by atoms with van der Waals surface area (Å²) < 4.78 is 15.8. The summed E-state index contributed by atoms with van der Waals surface area (Å²) in [5, 5.41) is 8.16. The third-order valence-corrected chi connectivity index (χ3v) is 4.94. The number of benzene rings is 1. The fraction of sp³-hybridized carbons (Fsp3) is 0.227. The highest BCUT2D eigenvalue weighted by Crippen LogP contribution is 2.25. The highest BCUT2D eigenvalue weighted by molar-refractivity contribution is 5.91. The molecule has 0 spiro atoms. The first kappa shape index (κ1) is 20.4. The molecule has 0 saturated carbocycles. The van der Waals surface area contributed by atoms with Crippen molar-refractivity contribution in [3.63, 3.8) is 0 Å². The van der Waals surface area contributed by atoms with Gasteiger partial charge in [-0.25, -0.2) is 28.8 Å². The number of nitrogens with zero attached hydrogens (tertiary/aromatic N) is 6. The van der Waals surface area contributed by atoms with Crippen LogP contribution in [0.15, 0.2) is 54.9 Å². The van der Waals surface area contributed by atoms with Crippen molar-refractivity contribution < 1.29 is 9.18 Å². The SMILES string of the molecule is CCN(CC)C(=O)Nc1ccnc(-c2nn(Cc3ccccc3F)c3ncccc23)n1. The number of urea groups is 1. The smallest absolute Gasteiger partial charge is 0.322 e. The Morgan fingerprint density at radius 3 is 2.65 bits per heavy atom. The van der Waals surface area contributed by atoms with E-state index >= 15 is 0 Å². The maximum Gasteiger partial charge on any atom is 0.322 e. The normalized spacial score (nSPS) is 10.9. The van der Waals surface area contributed by atoms with Crippen LogP contribution in [0.1, 0.15) is 19.4 Å².